The quantitative estimate of drug-likeness (QED) is 0.173. The Hall–Kier alpha value is -3.06. The number of ether oxygens (including phenoxy) is 4. The molecule has 196 valence electrons. The number of esters is 2. The van der Waals surface area contributed by atoms with Crippen molar-refractivity contribution in [2.45, 2.75) is 56.3 Å². The van der Waals surface area contributed by atoms with Gasteiger partial charge in [0.25, 0.3) is 0 Å². The number of benzene rings is 1. The molecule has 0 aromatic heterocycles. The second-order valence-electron chi connectivity index (χ2n) is 8.54. The fourth-order valence-corrected chi connectivity index (χ4v) is 3.75. The lowest BCUT2D eigenvalue weighted by Crippen LogP contribution is -2.59. The van der Waals surface area contributed by atoms with Crippen LogP contribution in [0.2, 0.25) is 0 Å². The number of hydrogen-bond donors (Lipinski definition) is 5. The Bertz CT molecular complexity index is 998. The molecule has 2 aliphatic rings. The van der Waals surface area contributed by atoms with Crippen LogP contribution in [0.3, 0.4) is 0 Å². The summed E-state index contributed by atoms with van der Waals surface area (Å²) in [6.45, 7) is 4.66. The van der Waals surface area contributed by atoms with Gasteiger partial charge in [-0.2, -0.15) is 0 Å². The largest absolute Gasteiger partial charge is 0.508 e. The van der Waals surface area contributed by atoms with E-state index in [0.717, 1.165) is 0 Å². The van der Waals surface area contributed by atoms with E-state index in [4.69, 9.17) is 18.9 Å². The highest BCUT2D eigenvalue weighted by molar-refractivity contribution is 5.91. The maximum absolute atomic E-state index is 12.3. The lowest BCUT2D eigenvalue weighted by Gasteiger charge is -2.39. The van der Waals surface area contributed by atoms with E-state index in [1.807, 2.05) is 0 Å². The van der Waals surface area contributed by atoms with Crippen molar-refractivity contribution < 1.29 is 54.1 Å². The van der Waals surface area contributed by atoms with Crippen LogP contribution in [0.5, 0.6) is 5.75 Å². The van der Waals surface area contributed by atoms with Gasteiger partial charge in [-0.1, -0.05) is 18.7 Å². The second kappa shape index (κ2) is 12.3. The van der Waals surface area contributed by atoms with Gasteiger partial charge in [0.1, 0.15) is 36.3 Å². The van der Waals surface area contributed by atoms with E-state index in [-0.39, 0.29) is 24.4 Å². The zero-order valence-electron chi connectivity index (χ0n) is 19.6. The molecule has 2 heterocycles. The Balaban J connectivity index is 1.57. The number of cyclic esters (lactones) is 1. The number of aliphatic hydroxyl groups excluding tert-OH is 4. The van der Waals surface area contributed by atoms with Crippen molar-refractivity contribution in [3.05, 3.63) is 59.7 Å². The van der Waals surface area contributed by atoms with Crippen LogP contribution in [0.4, 0.5) is 0 Å². The van der Waals surface area contributed by atoms with Crippen LogP contribution in [0.15, 0.2) is 54.1 Å². The van der Waals surface area contributed by atoms with Crippen molar-refractivity contribution in [3.8, 4) is 5.75 Å². The number of aromatic hydroxyl groups is 1. The van der Waals surface area contributed by atoms with Gasteiger partial charge in [0.15, 0.2) is 12.4 Å². The number of rotatable bonds is 9. The molecule has 1 aromatic rings. The number of carbonyl (C=O) groups is 2. The first-order valence-electron chi connectivity index (χ1n) is 11.3. The molecule has 2 unspecified atom stereocenters. The average Bonchev–Trinajstić information content (AvgIpc) is 3.21. The van der Waals surface area contributed by atoms with E-state index in [2.05, 4.69) is 6.58 Å². The van der Waals surface area contributed by atoms with E-state index in [0.29, 0.717) is 11.1 Å². The molecule has 2 aliphatic heterocycles. The molecule has 0 saturated carbocycles. The zero-order chi connectivity index (χ0) is 26.4. The smallest absolute Gasteiger partial charge is 0.334 e. The van der Waals surface area contributed by atoms with Crippen LogP contribution in [0.25, 0.3) is 6.08 Å². The van der Waals surface area contributed by atoms with Gasteiger partial charge in [0.2, 0.25) is 0 Å². The minimum absolute atomic E-state index is 0.0996. The molecule has 2 saturated heterocycles. The van der Waals surface area contributed by atoms with Gasteiger partial charge >= 0.3 is 11.9 Å². The number of carbonyl (C=O) groups excluding carboxylic acids is 2. The highest BCUT2D eigenvalue weighted by atomic mass is 16.7. The van der Waals surface area contributed by atoms with E-state index in [9.17, 15) is 35.1 Å². The minimum Gasteiger partial charge on any atom is -0.508 e. The van der Waals surface area contributed by atoms with Gasteiger partial charge in [-0.15, -0.1) is 0 Å². The summed E-state index contributed by atoms with van der Waals surface area (Å²) in [4.78, 5) is 24.7. The Kier molecular flexibility index (Phi) is 9.37. The number of phenolic OH excluding ortho intramolecular Hbond substituents is 1. The average molecular weight is 507 g/mol. The molecule has 11 nitrogen and oxygen atoms in total. The predicted molar refractivity (Wildman–Crippen MR) is 124 cm³/mol. The van der Waals surface area contributed by atoms with Crippen LogP contribution < -0.4 is 0 Å². The molecule has 7 atom stereocenters. The van der Waals surface area contributed by atoms with E-state index >= 15 is 0 Å². The van der Waals surface area contributed by atoms with Gasteiger partial charge in [0, 0.05) is 18.1 Å². The first kappa shape index (κ1) is 27.5. The van der Waals surface area contributed by atoms with Crippen LogP contribution in [0, 0.1) is 0 Å². The molecule has 0 amide bonds. The van der Waals surface area contributed by atoms with Crippen LogP contribution in [-0.4, -0.2) is 93.6 Å². The molecule has 36 heavy (non-hydrogen) atoms. The molecule has 2 fully saturated rings. The summed E-state index contributed by atoms with van der Waals surface area (Å²) in [6.07, 6.45) is -4.58. The van der Waals surface area contributed by atoms with Crippen LogP contribution in [-0.2, 0) is 28.5 Å². The normalized spacial score (nSPS) is 30.4. The lowest BCUT2D eigenvalue weighted by molar-refractivity contribution is -0.298. The molecule has 0 aliphatic carbocycles. The molecule has 0 spiro atoms. The molecule has 5 N–H and O–H groups in total. The SMILES string of the molecule is C=C(C)C(OC(=O)/C=C/c1ccc(O)cc1)C1C/C(=C/CO[C@@H]2O[C@H](CO)[C@@H](O)[C@H](O)[C@H]2O)C(=O)O1. The van der Waals surface area contributed by atoms with Crippen molar-refractivity contribution in [2.75, 3.05) is 13.2 Å². The summed E-state index contributed by atoms with van der Waals surface area (Å²) in [5.74, 6) is -1.21. The summed E-state index contributed by atoms with van der Waals surface area (Å²) in [5.41, 5.74) is 1.39. The maximum atomic E-state index is 12.3. The van der Waals surface area contributed by atoms with Crippen LogP contribution in [0.1, 0.15) is 18.9 Å². The van der Waals surface area contributed by atoms with Gasteiger partial charge < -0.3 is 44.5 Å². The van der Waals surface area contributed by atoms with Gasteiger partial charge in [-0.05, 0) is 42.3 Å². The summed E-state index contributed by atoms with van der Waals surface area (Å²) in [7, 11) is 0. The monoisotopic (exact) mass is 506 g/mol. The highest BCUT2D eigenvalue weighted by Gasteiger charge is 2.44. The number of aliphatic hydroxyl groups is 4. The minimum atomic E-state index is -1.58. The Morgan fingerprint density at radius 2 is 1.89 bits per heavy atom. The van der Waals surface area contributed by atoms with E-state index in [1.165, 1.54) is 30.4 Å². The number of hydrogen-bond acceptors (Lipinski definition) is 11. The Morgan fingerprint density at radius 1 is 1.19 bits per heavy atom. The van der Waals surface area contributed by atoms with Crippen molar-refractivity contribution in [2.24, 2.45) is 0 Å². The summed E-state index contributed by atoms with van der Waals surface area (Å²) in [5, 5.41) is 48.2. The third-order valence-corrected chi connectivity index (χ3v) is 5.75. The fourth-order valence-electron chi connectivity index (χ4n) is 3.75. The fraction of sp³-hybridized carbons (Fsp3) is 0.440. The molecule has 0 bridgehead atoms. The zero-order valence-corrected chi connectivity index (χ0v) is 19.6. The third-order valence-electron chi connectivity index (χ3n) is 5.75. The molecule has 11 heteroatoms. The topological polar surface area (TPSA) is 172 Å². The number of phenols is 1. The van der Waals surface area contributed by atoms with Crippen molar-refractivity contribution in [1.82, 2.24) is 0 Å². The summed E-state index contributed by atoms with van der Waals surface area (Å²) in [6, 6.07) is 6.21. The van der Waals surface area contributed by atoms with Crippen molar-refractivity contribution in [1.29, 1.82) is 0 Å². The van der Waals surface area contributed by atoms with E-state index in [1.54, 1.807) is 19.1 Å². The summed E-state index contributed by atoms with van der Waals surface area (Å²) >= 11 is 0. The first-order chi connectivity index (χ1) is 17.1. The first-order valence-corrected chi connectivity index (χ1v) is 11.3. The van der Waals surface area contributed by atoms with Gasteiger partial charge in [0.05, 0.1) is 13.2 Å². The third kappa shape index (κ3) is 6.78. The Morgan fingerprint density at radius 3 is 2.53 bits per heavy atom. The molecular weight excluding hydrogens is 476 g/mol. The van der Waals surface area contributed by atoms with Gasteiger partial charge in [-0.3, -0.25) is 0 Å². The molecule has 1 aromatic carbocycles. The van der Waals surface area contributed by atoms with E-state index < -0.39 is 61.5 Å². The molecular formula is C25H30O11. The standard InChI is InChI=1S/C25H30O11/c1-13(2)23(36-19(28)8-5-14-3-6-16(27)7-4-14)17-11-15(24(32)34-17)9-10-33-25-22(31)21(30)20(29)18(12-26)35-25/h3-9,17-18,20-23,25-27,29-31H,1,10-12H2,2H3/b8-5+,15-9-/t17?,18-,20-,21+,22-,23?,25-/m1/s1. The predicted octanol–water partition coefficient (Wildman–Crippen LogP) is -0.0483. The molecule has 3 rings (SSSR count). The highest BCUT2D eigenvalue weighted by Crippen LogP contribution is 2.28. The van der Waals surface area contributed by atoms with Gasteiger partial charge in [-0.25, -0.2) is 9.59 Å². The summed E-state index contributed by atoms with van der Waals surface area (Å²) < 4.78 is 21.5. The maximum Gasteiger partial charge on any atom is 0.334 e. The second-order valence-corrected chi connectivity index (χ2v) is 8.54. The lowest BCUT2D eigenvalue weighted by atomic mass is 9.99. The Labute approximate surface area is 207 Å². The van der Waals surface area contributed by atoms with Crippen molar-refractivity contribution in [3.63, 3.8) is 0 Å². The van der Waals surface area contributed by atoms with Crippen molar-refractivity contribution >= 4 is 18.0 Å². The molecule has 0 radical (unpaired) electrons. The van der Waals surface area contributed by atoms with Crippen LogP contribution >= 0.6 is 0 Å².